The maximum absolute atomic E-state index is 13.9. The molecule has 8 heteroatoms. The highest BCUT2D eigenvalue weighted by molar-refractivity contribution is 6.38. The normalized spacial score (nSPS) is 12.7. The molecule has 0 aliphatic carbocycles. The number of benzene rings is 3. The average Bonchev–Trinajstić information content (AvgIpc) is 3.10. The molecule has 1 heterocycles. The molecule has 4 rings (SSSR count). The van der Waals surface area contributed by atoms with Crippen LogP contribution in [0.3, 0.4) is 0 Å². The molecule has 0 saturated heterocycles. The minimum Gasteiger partial charge on any atom is -0.461 e. The number of nitrogens with one attached hydrogen (secondary N) is 1. The number of esters is 1. The number of carbonyl (C=O) groups excluding carboxylic acids is 5. The van der Waals surface area contributed by atoms with Gasteiger partial charge in [0, 0.05) is 43.0 Å². The Kier molecular flexibility index (Phi) is 13.3. The van der Waals surface area contributed by atoms with Crippen LogP contribution < -0.4 is 5.32 Å². The smallest absolute Gasteiger partial charge is 0.306 e. The molecule has 0 radical (unpaired) electrons. The molecule has 0 saturated carbocycles. The minimum atomic E-state index is -1.02. The summed E-state index contributed by atoms with van der Waals surface area (Å²) in [6.07, 6.45) is 1.93. The predicted molar refractivity (Wildman–Crippen MR) is 178 cm³/mol. The van der Waals surface area contributed by atoms with Crippen molar-refractivity contribution in [2.24, 2.45) is 11.8 Å². The van der Waals surface area contributed by atoms with E-state index in [1.807, 2.05) is 91.0 Å². The number of nitrogens with zero attached hydrogens (tertiary/aromatic N) is 1. The van der Waals surface area contributed by atoms with E-state index < -0.39 is 47.1 Å². The zero-order chi connectivity index (χ0) is 33.4. The molecule has 0 aliphatic heterocycles. The van der Waals surface area contributed by atoms with E-state index in [1.165, 1.54) is 0 Å². The maximum Gasteiger partial charge on any atom is 0.306 e. The fourth-order valence-electron chi connectivity index (χ4n) is 5.22. The van der Waals surface area contributed by atoms with Crippen molar-refractivity contribution in [1.29, 1.82) is 0 Å². The van der Waals surface area contributed by atoms with E-state index in [1.54, 1.807) is 31.3 Å². The molecular formula is C39H40N2O6. The van der Waals surface area contributed by atoms with Gasteiger partial charge in [-0.1, -0.05) is 104 Å². The molecule has 4 aromatic rings. The summed E-state index contributed by atoms with van der Waals surface area (Å²) < 4.78 is 5.34. The van der Waals surface area contributed by atoms with Crippen LogP contribution in [-0.4, -0.2) is 40.3 Å². The summed E-state index contributed by atoms with van der Waals surface area (Å²) in [4.78, 5) is 70.7. The monoisotopic (exact) mass is 632 g/mol. The van der Waals surface area contributed by atoms with Crippen LogP contribution in [0.1, 0.15) is 48.6 Å². The molecule has 0 fully saturated rings. The van der Waals surface area contributed by atoms with Crippen molar-refractivity contribution >= 4 is 29.2 Å². The maximum atomic E-state index is 13.9. The zero-order valence-corrected chi connectivity index (χ0v) is 26.5. The third-order valence-corrected chi connectivity index (χ3v) is 7.91. The van der Waals surface area contributed by atoms with Crippen molar-refractivity contribution in [3.8, 4) is 0 Å². The number of ketones is 3. The third kappa shape index (κ3) is 11.6. The second-order valence-electron chi connectivity index (χ2n) is 11.7. The lowest BCUT2D eigenvalue weighted by molar-refractivity contribution is -0.148. The molecule has 0 unspecified atom stereocenters. The Morgan fingerprint density at radius 3 is 1.91 bits per heavy atom. The van der Waals surface area contributed by atoms with Crippen molar-refractivity contribution in [2.75, 3.05) is 0 Å². The van der Waals surface area contributed by atoms with E-state index in [2.05, 4.69) is 10.3 Å². The molecule has 1 amide bonds. The van der Waals surface area contributed by atoms with Crippen LogP contribution in [0.2, 0.25) is 0 Å². The number of hydrogen-bond acceptors (Lipinski definition) is 7. The van der Waals surface area contributed by atoms with Crippen LogP contribution in [0.15, 0.2) is 115 Å². The number of aromatic nitrogens is 1. The van der Waals surface area contributed by atoms with E-state index in [9.17, 15) is 24.0 Å². The van der Waals surface area contributed by atoms with Gasteiger partial charge in [0.15, 0.2) is 11.6 Å². The molecule has 3 aromatic carbocycles. The van der Waals surface area contributed by atoms with Gasteiger partial charge in [-0.3, -0.25) is 29.0 Å². The minimum absolute atomic E-state index is 0.0360. The number of aryl methyl sites for hydroxylation is 1. The molecule has 8 nitrogen and oxygen atoms in total. The van der Waals surface area contributed by atoms with E-state index in [0.29, 0.717) is 12.1 Å². The molecule has 47 heavy (non-hydrogen) atoms. The number of Topliss-reactive ketones (excluding diaryl/α,β-unsaturated/α-hetero) is 3. The van der Waals surface area contributed by atoms with Gasteiger partial charge < -0.3 is 10.1 Å². The first kappa shape index (κ1) is 34.6. The van der Waals surface area contributed by atoms with E-state index >= 15 is 0 Å². The first-order valence-electron chi connectivity index (χ1n) is 15.9. The van der Waals surface area contributed by atoms with Crippen LogP contribution in [-0.2, 0) is 54.6 Å². The Balaban J connectivity index is 1.45. The standard InChI is InChI=1S/C39H40N2O6/c1-28(23-37(44)47-27-31-17-9-4-10-18-31)39(46)41-34(26-33-19-11-12-22-40-33)36(43)25-32(24-30-15-7-3-8-16-30)38(45)35(42)21-20-29-13-5-2-6-14-29/h2-19,22,28,32,34H,20-21,23-27H2,1H3,(H,41,46)/t28-,32-,34+/m1/s1. The Labute approximate surface area is 275 Å². The third-order valence-electron chi connectivity index (χ3n) is 7.91. The number of amides is 1. The second kappa shape index (κ2) is 18.0. The van der Waals surface area contributed by atoms with Gasteiger partial charge in [-0.2, -0.15) is 0 Å². The SMILES string of the molecule is C[C@H](CC(=O)OCc1ccccc1)C(=O)N[C@@H](Cc1ccccn1)C(=O)C[C@@H](Cc1ccccc1)C(=O)C(=O)CCc1ccccc1. The van der Waals surface area contributed by atoms with Crippen LogP contribution >= 0.6 is 0 Å². The fraction of sp³-hybridized carbons (Fsp3) is 0.282. The topological polar surface area (TPSA) is 120 Å². The Morgan fingerprint density at radius 2 is 1.30 bits per heavy atom. The van der Waals surface area contributed by atoms with Crippen LogP contribution in [0.4, 0.5) is 0 Å². The fourth-order valence-corrected chi connectivity index (χ4v) is 5.22. The zero-order valence-electron chi connectivity index (χ0n) is 26.5. The Hall–Kier alpha value is -5.24. The quantitative estimate of drug-likeness (QED) is 0.114. The highest BCUT2D eigenvalue weighted by Gasteiger charge is 2.32. The van der Waals surface area contributed by atoms with Crippen molar-refractivity contribution in [3.63, 3.8) is 0 Å². The number of pyridine rings is 1. The summed E-state index contributed by atoms with van der Waals surface area (Å²) in [6, 6.07) is 32.2. The van der Waals surface area contributed by atoms with E-state index in [4.69, 9.17) is 4.74 Å². The summed E-state index contributed by atoms with van der Waals surface area (Å²) in [5.74, 6) is -4.24. The van der Waals surface area contributed by atoms with Gasteiger partial charge in [-0.15, -0.1) is 0 Å². The van der Waals surface area contributed by atoms with Gasteiger partial charge in [0.05, 0.1) is 12.5 Å². The van der Waals surface area contributed by atoms with Crippen molar-refractivity contribution in [1.82, 2.24) is 10.3 Å². The lowest BCUT2D eigenvalue weighted by atomic mass is 9.85. The predicted octanol–water partition coefficient (Wildman–Crippen LogP) is 5.47. The number of hydrogen-bond donors (Lipinski definition) is 1. The largest absolute Gasteiger partial charge is 0.461 e. The van der Waals surface area contributed by atoms with Gasteiger partial charge in [0.25, 0.3) is 0 Å². The van der Waals surface area contributed by atoms with Crippen LogP contribution in [0, 0.1) is 11.8 Å². The highest BCUT2D eigenvalue weighted by atomic mass is 16.5. The first-order valence-corrected chi connectivity index (χ1v) is 15.9. The molecule has 0 spiro atoms. The summed E-state index contributed by atoms with van der Waals surface area (Å²) in [6.45, 7) is 1.68. The van der Waals surface area contributed by atoms with Gasteiger partial charge in [-0.25, -0.2) is 0 Å². The van der Waals surface area contributed by atoms with Gasteiger partial charge in [0.2, 0.25) is 11.7 Å². The summed E-state index contributed by atoms with van der Waals surface area (Å²) in [5, 5.41) is 2.80. The molecule has 0 bridgehead atoms. The number of ether oxygens (including phenoxy) is 1. The van der Waals surface area contributed by atoms with Gasteiger partial charge >= 0.3 is 5.97 Å². The average molecular weight is 633 g/mol. The molecule has 3 atom stereocenters. The highest BCUT2D eigenvalue weighted by Crippen LogP contribution is 2.19. The van der Waals surface area contributed by atoms with E-state index in [0.717, 1.165) is 16.7 Å². The number of carbonyl (C=O) groups is 5. The summed E-state index contributed by atoms with van der Waals surface area (Å²) in [7, 11) is 0. The van der Waals surface area contributed by atoms with Crippen molar-refractivity contribution in [3.05, 3.63) is 138 Å². The molecule has 1 N–H and O–H groups in total. The molecule has 242 valence electrons. The second-order valence-corrected chi connectivity index (χ2v) is 11.7. The van der Waals surface area contributed by atoms with Gasteiger partial charge in [-0.05, 0) is 41.7 Å². The van der Waals surface area contributed by atoms with Crippen molar-refractivity contribution in [2.45, 2.75) is 58.1 Å². The van der Waals surface area contributed by atoms with E-state index in [-0.39, 0.29) is 38.7 Å². The first-order chi connectivity index (χ1) is 22.8. The summed E-state index contributed by atoms with van der Waals surface area (Å²) in [5.41, 5.74) is 3.17. The molecular weight excluding hydrogens is 592 g/mol. The van der Waals surface area contributed by atoms with Crippen LogP contribution in [0.5, 0.6) is 0 Å². The van der Waals surface area contributed by atoms with Crippen molar-refractivity contribution < 1.29 is 28.7 Å². The summed E-state index contributed by atoms with van der Waals surface area (Å²) >= 11 is 0. The Bertz CT molecular complexity index is 1610. The lowest BCUT2D eigenvalue weighted by Gasteiger charge is -2.22. The lowest BCUT2D eigenvalue weighted by Crippen LogP contribution is -2.46. The van der Waals surface area contributed by atoms with Crippen LogP contribution in [0.25, 0.3) is 0 Å². The number of rotatable bonds is 18. The Morgan fingerprint density at radius 1 is 0.702 bits per heavy atom. The molecule has 0 aliphatic rings. The molecule has 1 aromatic heterocycles. The van der Waals surface area contributed by atoms with Gasteiger partial charge in [0.1, 0.15) is 6.61 Å².